The zero-order valence-electron chi connectivity index (χ0n) is 13.5. The lowest BCUT2D eigenvalue weighted by Gasteiger charge is -2.13. The molecule has 4 N–H and O–H groups in total. The summed E-state index contributed by atoms with van der Waals surface area (Å²) < 4.78 is 7.86. The van der Waals surface area contributed by atoms with Crippen LogP contribution in [-0.2, 0) is 6.54 Å². The smallest absolute Gasteiger partial charge is 0.222 e. The molecule has 3 aromatic rings. The zero-order valence-corrected chi connectivity index (χ0v) is 13.5. The van der Waals surface area contributed by atoms with Gasteiger partial charge in [-0.15, -0.1) is 0 Å². The number of nitrogen functional groups attached to an aromatic ring is 2. The van der Waals surface area contributed by atoms with Crippen LogP contribution in [0, 0.1) is 11.3 Å². The quantitative estimate of drug-likeness (QED) is 0.657. The summed E-state index contributed by atoms with van der Waals surface area (Å²) in [6.45, 7) is 1.31. The molecule has 126 valence electrons. The summed E-state index contributed by atoms with van der Waals surface area (Å²) in [5.74, 6) is 0.684. The van der Waals surface area contributed by atoms with Gasteiger partial charge in [-0.05, 0) is 18.6 Å². The lowest BCUT2D eigenvalue weighted by Crippen LogP contribution is -2.07. The summed E-state index contributed by atoms with van der Waals surface area (Å²) in [5.41, 5.74) is 12.7. The number of benzene rings is 1. The number of nitrogens with two attached hydrogens (primary N) is 2. The summed E-state index contributed by atoms with van der Waals surface area (Å²) in [7, 11) is 0. The molecule has 25 heavy (non-hydrogen) atoms. The van der Waals surface area contributed by atoms with E-state index < -0.39 is 0 Å². The Labute approximate surface area is 144 Å². The van der Waals surface area contributed by atoms with Crippen molar-refractivity contribution in [3.8, 4) is 23.1 Å². The number of nitrogens with zero attached hydrogens (tertiary/aromatic N) is 5. The Morgan fingerprint density at radius 2 is 2.04 bits per heavy atom. The zero-order chi connectivity index (χ0) is 17.6. The fraction of sp³-hybridized carbons (Fsp3) is 0.176. The summed E-state index contributed by atoms with van der Waals surface area (Å²) in [6, 6.07) is 9.36. The molecule has 8 heteroatoms. The van der Waals surface area contributed by atoms with Crippen molar-refractivity contribution in [3.05, 3.63) is 48.5 Å². The number of aryl methyl sites for hydroxylation is 1. The predicted octanol–water partition coefficient (Wildman–Crippen LogP) is 1.85. The van der Waals surface area contributed by atoms with E-state index in [4.69, 9.17) is 16.2 Å². The van der Waals surface area contributed by atoms with Crippen LogP contribution < -0.4 is 16.2 Å². The molecule has 8 nitrogen and oxygen atoms in total. The van der Waals surface area contributed by atoms with Gasteiger partial charge in [-0.3, -0.25) is 0 Å². The Morgan fingerprint density at radius 3 is 2.80 bits per heavy atom. The fourth-order valence-corrected chi connectivity index (χ4v) is 2.44. The molecule has 0 saturated heterocycles. The lowest BCUT2D eigenvalue weighted by molar-refractivity contribution is 0.303. The van der Waals surface area contributed by atoms with Crippen molar-refractivity contribution in [2.75, 3.05) is 18.1 Å². The maximum Gasteiger partial charge on any atom is 0.222 e. The van der Waals surface area contributed by atoms with Crippen LogP contribution in [0.15, 0.2) is 43.0 Å². The van der Waals surface area contributed by atoms with Crippen LogP contribution in [0.5, 0.6) is 5.75 Å². The molecule has 0 unspecified atom stereocenters. The number of anilines is 2. The van der Waals surface area contributed by atoms with Crippen LogP contribution in [0.1, 0.15) is 12.0 Å². The Bertz CT molecular complexity index is 900. The lowest BCUT2D eigenvalue weighted by atomic mass is 10.1. The van der Waals surface area contributed by atoms with Crippen molar-refractivity contribution in [2.45, 2.75) is 13.0 Å². The molecule has 2 aromatic heterocycles. The van der Waals surface area contributed by atoms with Gasteiger partial charge in [0.15, 0.2) is 0 Å². The molecule has 1 aromatic carbocycles. The van der Waals surface area contributed by atoms with E-state index in [0.29, 0.717) is 23.6 Å². The number of ether oxygens (including phenoxy) is 1. The molecule has 0 fully saturated rings. The third-order valence-corrected chi connectivity index (χ3v) is 3.59. The van der Waals surface area contributed by atoms with Crippen molar-refractivity contribution in [1.82, 2.24) is 19.5 Å². The van der Waals surface area contributed by atoms with Gasteiger partial charge in [0.05, 0.1) is 18.6 Å². The van der Waals surface area contributed by atoms with Crippen LogP contribution in [0.3, 0.4) is 0 Å². The Balaban J connectivity index is 1.81. The molecule has 0 amide bonds. The normalized spacial score (nSPS) is 10.4. The van der Waals surface area contributed by atoms with E-state index in [9.17, 15) is 5.26 Å². The van der Waals surface area contributed by atoms with Crippen LogP contribution >= 0.6 is 0 Å². The van der Waals surface area contributed by atoms with Crippen LogP contribution in [0.25, 0.3) is 11.3 Å². The van der Waals surface area contributed by atoms with E-state index >= 15 is 0 Å². The molecule has 2 heterocycles. The van der Waals surface area contributed by atoms with E-state index in [-0.39, 0.29) is 17.3 Å². The average molecular weight is 335 g/mol. The molecule has 0 radical (unpaired) electrons. The summed E-state index contributed by atoms with van der Waals surface area (Å²) in [6.07, 6.45) is 6.21. The first-order valence-corrected chi connectivity index (χ1v) is 7.70. The van der Waals surface area contributed by atoms with Gasteiger partial charge in [-0.1, -0.05) is 12.1 Å². The van der Waals surface area contributed by atoms with E-state index in [1.807, 2.05) is 41.1 Å². The van der Waals surface area contributed by atoms with Gasteiger partial charge in [-0.2, -0.15) is 10.2 Å². The van der Waals surface area contributed by atoms with Gasteiger partial charge in [0.1, 0.15) is 23.2 Å². The second-order valence-electron chi connectivity index (χ2n) is 5.30. The van der Waals surface area contributed by atoms with Crippen molar-refractivity contribution >= 4 is 11.8 Å². The average Bonchev–Trinajstić information content (AvgIpc) is 3.12. The highest BCUT2D eigenvalue weighted by Crippen LogP contribution is 2.32. The fourth-order valence-electron chi connectivity index (χ4n) is 2.44. The number of aromatic nitrogens is 4. The maximum atomic E-state index is 9.36. The molecule has 0 aliphatic rings. The summed E-state index contributed by atoms with van der Waals surface area (Å²) >= 11 is 0. The molecule has 0 aliphatic heterocycles. The van der Waals surface area contributed by atoms with Crippen molar-refractivity contribution in [2.24, 2.45) is 0 Å². The molecule has 0 bridgehead atoms. The number of hydrogen-bond acceptors (Lipinski definition) is 7. The minimum atomic E-state index is 0.0152. The van der Waals surface area contributed by atoms with Gasteiger partial charge in [-0.25, -0.2) is 9.97 Å². The molecule has 0 atom stereocenters. The monoisotopic (exact) mass is 335 g/mol. The SMILES string of the molecule is N#Cc1c(N)nc(N)nc1-c1ccccc1OCCCn1ccnc1. The third kappa shape index (κ3) is 3.67. The second-order valence-corrected chi connectivity index (χ2v) is 5.30. The van der Waals surface area contributed by atoms with Gasteiger partial charge in [0.2, 0.25) is 5.95 Å². The highest BCUT2D eigenvalue weighted by atomic mass is 16.5. The molecule has 0 saturated carbocycles. The van der Waals surface area contributed by atoms with Gasteiger partial charge in [0, 0.05) is 24.5 Å². The van der Waals surface area contributed by atoms with E-state index in [1.54, 1.807) is 12.5 Å². The molecule has 0 aliphatic carbocycles. The highest BCUT2D eigenvalue weighted by Gasteiger charge is 2.16. The number of rotatable bonds is 6. The Hall–Kier alpha value is -3.60. The van der Waals surface area contributed by atoms with Gasteiger partial charge in [0.25, 0.3) is 0 Å². The highest BCUT2D eigenvalue weighted by molar-refractivity contribution is 5.77. The second kappa shape index (κ2) is 7.31. The minimum absolute atomic E-state index is 0.0152. The Morgan fingerprint density at radius 1 is 1.20 bits per heavy atom. The van der Waals surface area contributed by atoms with E-state index in [0.717, 1.165) is 13.0 Å². The van der Waals surface area contributed by atoms with Gasteiger partial charge >= 0.3 is 0 Å². The summed E-state index contributed by atoms with van der Waals surface area (Å²) in [4.78, 5) is 12.0. The molecular weight excluding hydrogens is 318 g/mol. The number of nitriles is 1. The van der Waals surface area contributed by atoms with Gasteiger partial charge < -0.3 is 20.8 Å². The largest absolute Gasteiger partial charge is 0.493 e. The first kappa shape index (κ1) is 16.3. The van der Waals surface area contributed by atoms with Crippen molar-refractivity contribution < 1.29 is 4.74 Å². The standard InChI is InChI=1S/C17H17N7O/c18-10-13-15(22-17(20)23-16(13)19)12-4-1-2-5-14(12)25-9-3-7-24-8-6-21-11-24/h1-2,4-6,8,11H,3,7,9H2,(H4,19,20,22,23). The molecule has 3 rings (SSSR count). The first-order valence-electron chi connectivity index (χ1n) is 7.70. The van der Waals surface area contributed by atoms with Crippen molar-refractivity contribution in [3.63, 3.8) is 0 Å². The predicted molar refractivity (Wildman–Crippen MR) is 93.3 cm³/mol. The topological polar surface area (TPSA) is 129 Å². The van der Waals surface area contributed by atoms with Crippen LogP contribution in [-0.4, -0.2) is 26.1 Å². The van der Waals surface area contributed by atoms with E-state index in [2.05, 4.69) is 15.0 Å². The number of imidazole rings is 1. The number of para-hydroxylation sites is 1. The van der Waals surface area contributed by atoms with Crippen LogP contribution in [0.4, 0.5) is 11.8 Å². The van der Waals surface area contributed by atoms with E-state index in [1.165, 1.54) is 0 Å². The third-order valence-electron chi connectivity index (χ3n) is 3.59. The van der Waals surface area contributed by atoms with Crippen LogP contribution in [0.2, 0.25) is 0 Å². The summed E-state index contributed by atoms with van der Waals surface area (Å²) in [5, 5.41) is 9.36. The van der Waals surface area contributed by atoms with Crippen molar-refractivity contribution in [1.29, 1.82) is 5.26 Å². The maximum absolute atomic E-state index is 9.36. The Kier molecular flexibility index (Phi) is 4.76. The number of hydrogen-bond donors (Lipinski definition) is 2. The first-order chi connectivity index (χ1) is 12.2. The molecular formula is C17H17N7O. The molecule has 0 spiro atoms. The minimum Gasteiger partial charge on any atom is -0.493 e.